The molecule has 0 aromatic carbocycles. The molecule has 100 valence electrons. The van der Waals surface area contributed by atoms with Gasteiger partial charge in [0.1, 0.15) is 11.6 Å². The van der Waals surface area contributed by atoms with Gasteiger partial charge in [-0.2, -0.15) is 13.2 Å². The smallest absolute Gasteiger partial charge is 0.373 e. The average Bonchev–Trinajstić information content (AvgIpc) is 2.38. The zero-order valence-corrected chi connectivity index (χ0v) is 10.1. The Bertz CT molecular complexity index is 413. The van der Waals surface area contributed by atoms with Crippen molar-refractivity contribution < 1.29 is 13.2 Å². The minimum Gasteiger partial charge on any atom is -0.373 e. The van der Waals surface area contributed by atoms with Crippen molar-refractivity contribution in [1.29, 1.82) is 0 Å². The Kier molecular flexibility index (Phi) is 3.58. The van der Waals surface area contributed by atoms with Gasteiger partial charge in [0.15, 0.2) is 0 Å². The Labute approximate surface area is 103 Å². The number of hydrogen-bond donors (Lipinski definition) is 1. The topological polar surface area (TPSA) is 41.0 Å². The van der Waals surface area contributed by atoms with Gasteiger partial charge in [-0.25, -0.2) is 9.97 Å². The lowest BCUT2D eigenvalue weighted by Gasteiger charge is -2.28. The van der Waals surface area contributed by atoms with E-state index in [1.165, 1.54) is 0 Å². The van der Waals surface area contributed by atoms with Crippen LogP contribution >= 0.6 is 0 Å². The third kappa shape index (κ3) is 2.83. The summed E-state index contributed by atoms with van der Waals surface area (Å²) >= 11 is 0. The van der Waals surface area contributed by atoms with Crippen molar-refractivity contribution in [3.05, 3.63) is 11.9 Å². The number of hydrogen-bond acceptors (Lipinski definition) is 4. The summed E-state index contributed by atoms with van der Waals surface area (Å²) in [6, 6.07) is 1.56. The van der Waals surface area contributed by atoms with Crippen LogP contribution in [0.25, 0.3) is 0 Å². The number of aromatic nitrogens is 2. The molecule has 0 bridgehead atoms. The van der Waals surface area contributed by atoms with Crippen LogP contribution in [0.1, 0.15) is 25.1 Å². The van der Waals surface area contributed by atoms with Crippen LogP contribution in [-0.4, -0.2) is 30.1 Å². The number of nitrogens with zero attached hydrogens (tertiary/aromatic N) is 3. The number of rotatable bonds is 2. The molecule has 2 rings (SSSR count). The predicted octanol–water partition coefficient (Wildman–Crippen LogP) is 2.53. The highest BCUT2D eigenvalue weighted by molar-refractivity contribution is 5.49. The van der Waals surface area contributed by atoms with Crippen LogP contribution in [0.5, 0.6) is 0 Å². The van der Waals surface area contributed by atoms with E-state index in [1.54, 1.807) is 13.1 Å². The first-order valence-corrected chi connectivity index (χ1v) is 5.89. The molecule has 1 aromatic heterocycles. The van der Waals surface area contributed by atoms with Gasteiger partial charge in [-0.15, -0.1) is 0 Å². The highest BCUT2D eigenvalue weighted by Gasteiger charge is 2.35. The fourth-order valence-electron chi connectivity index (χ4n) is 1.97. The molecule has 0 saturated carbocycles. The third-order valence-corrected chi connectivity index (χ3v) is 2.90. The van der Waals surface area contributed by atoms with Crippen LogP contribution in [0.2, 0.25) is 0 Å². The van der Waals surface area contributed by atoms with Gasteiger partial charge in [0.05, 0.1) is 0 Å². The molecule has 1 aromatic rings. The summed E-state index contributed by atoms with van der Waals surface area (Å²) in [5.74, 6) is -0.547. The zero-order chi connectivity index (χ0) is 13.2. The van der Waals surface area contributed by atoms with Gasteiger partial charge in [0.2, 0.25) is 5.82 Å². The molecule has 0 unspecified atom stereocenters. The number of anilines is 2. The summed E-state index contributed by atoms with van der Waals surface area (Å²) in [7, 11) is 1.54. The van der Waals surface area contributed by atoms with Crippen molar-refractivity contribution in [3.63, 3.8) is 0 Å². The monoisotopic (exact) mass is 260 g/mol. The van der Waals surface area contributed by atoms with Crippen molar-refractivity contribution in [2.75, 3.05) is 30.4 Å². The van der Waals surface area contributed by atoms with E-state index in [9.17, 15) is 13.2 Å². The maximum Gasteiger partial charge on any atom is 0.451 e. The maximum atomic E-state index is 12.7. The van der Waals surface area contributed by atoms with Gasteiger partial charge in [-0.3, -0.25) is 0 Å². The summed E-state index contributed by atoms with van der Waals surface area (Å²) in [5.41, 5.74) is 0. The molecule has 0 atom stereocenters. The summed E-state index contributed by atoms with van der Waals surface area (Å²) in [4.78, 5) is 8.95. The second-order valence-electron chi connectivity index (χ2n) is 4.23. The fraction of sp³-hybridized carbons (Fsp3) is 0.636. The van der Waals surface area contributed by atoms with E-state index in [4.69, 9.17) is 0 Å². The highest BCUT2D eigenvalue weighted by Crippen LogP contribution is 2.29. The average molecular weight is 260 g/mol. The Balaban J connectivity index is 2.34. The van der Waals surface area contributed by atoms with Gasteiger partial charge in [0, 0.05) is 26.2 Å². The first-order valence-electron chi connectivity index (χ1n) is 5.89. The van der Waals surface area contributed by atoms with E-state index in [0.29, 0.717) is 5.82 Å². The fourth-order valence-corrected chi connectivity index (χ4v) is 1.97. The standard InChI is InChI=1S/C11H15F3N4/c1-15-8-7-9(18-5-3-2-4-6-18)17-10(16-8)11(12,13)14/h7H,2-6H2,1H3,(H,15,16,17). The van der Waals surface area contributed by atoms with E-state index in [1.807, 2.05) is 4.90 Å². The highest BCUT2D eigenvalue weighted by atomic mass is 19.4. The van der Waals surface area contributed by atoms with Gasteiger partial charge < -0.3 is 10.2 Å². The van der Waals surface area contributed by atoms with E-state index < -0.39 is 12.0 Å². The summed E-state index contributed by atoms with van der Waals surface area (Å²) < 4.78 is 38.0. The van der Waals surface area contributed by atoms with Crippen molar-refractivity contribution in [2.45, 2.75) is 25.4 Å². The molecule has 4 nitrogen and oxygen atoms in total. The van der Waals surface area contributed by atoms with Crippen LogP contribution in [0.15, 0.2) is 6.07 Å². The van der Waals surface area contributed by atoms with E-state index in [-0.39, 0.29) is 5.82 Å². The van der Waals surface area contributed by atoms with Crippen LogP contribution < -0.4 is 10.2 Å². The Morgan fingerprint density at radius 1 is 1.17 bits per heavy atom. The van der Waals surface area contributed by atoms with Gasteiger partial charge in [0.25, 0.3) is 0 Å². The summed E-state index contributed by atoms with van der Waals surface area (Å²) in [6.07, 6.45) is -1.43. The predicted molar refractivity (Wildman–Crippen MR) is 62.6 cm³/mol. The van der Waals surface area contributed by atoms with Gasteiger partial charge in [-0.05, 0) is 19.3 Å². The minimum atomic E-state index is -4.52. The van der Waals surface area contributed by atoms with Crippen molar-refractivity contribution >= 4 is 11.6 Å². The number of halogens is 3. The summed E-state index contributed by atoms with van der Waals surface area (Å²) in [6.45, 7) is 1.49. The second-order valence-corrected chi connectivity index (χ2v) is 4.23. The number of alkyl halides is 3. The molecule has 1 N–H and O–H groups in total. The molecule has 1 aliphatic rings. The van der Waals surface area contributed by atoms with Crippen molar-refractivity contribution in [2.24, 2.45) is 0 Å². The van der Waals surface area contributed by atoms with Crippen molar-refractivity contribution in [1.82, 2.24) is 9.97 Å². The van der Waals surface area contributed by atoms with Crippen LogP contribution in [0.4, 0.5) is 24.8 Å². The molecule has 1 aliphatic heterocycles. The first kappa shape index (κ1) is 12.9. The lowest BCUT2D eigenvalue weighted by Crippen LogP contribution is -2.31. The molecule has 1 fully saturated rings. The molecule has 0 aliphatic carbocycles. The molecule has 0 radical (unpaired) electrons. The minimum absolute atomic E-state index is 0.192. The Hall–Kier alpha value is -1.53. The normalized spacial score (nSPS) is 16.8. The summed E-state index contributed by atoms with van der Waals surface area (Å²) in [5, 5.41) is 2.64. The molecular formula is C11H15F3N4. The van der Waals surface area contributed by atoms with E-state index in [0.717, 1.165) is 32.4 Å². The number of nitrogens with one attached hydrogen (secondary N) is 1. The SMILES string of the molecule is CNc1cc(N2CCCCC2)nc(C(F)(F)F)n1. The Morgan fingerprint density at radius 3 is 2.39 bits per heavy atom. The Morgan fingerprint density at radius 2 is 1.83 bits per heavy atom. The van der Waals surface area contributed by atoms with Crippen LogP contribution in [-0.2, 0) is 6.18 Å². The third-order valence-electron chi connectivity index (χ3n) is 2.90. The molecule has 0 spiro atoms. The molecule has 1 saturated heterocycles. The van der Waals surface area contributed by atoms with Crippen LogP contribution in [0, 0.1) is 0 Å². The molecular weight excluding hydrogens is 245 g/mol. The van der Waals surface area contributed by atoms with E-state index in [2.05, 4.69) is 15.3 Å². The maximum absolute atomic E-state index is 12.7. The quantitative estimate of drug-likeness (QED) is 0.887. The second kappa shape index (κ2) is 4.99. The van der Waals surface area contributed by atoms with Gasteiger partial charge in [-0.1, -0.05) is 0 Å². The molecule has 18 heavy (non-hydrogen) atoms. The number of piperidine rings is 1. The zero-order valence-electron chi connectivity index (χ0n) is 10.1. The van der Waals surface area contributed by atoms with Crippen LogP contribution in [0.3, 0.4) is 0 Å². The lowest BCUT2D eigenvalue weighted by molar-refractivity contribution is -0.144. The molecule has 0 amide bonds. The van der Waals surface area contributed by atoms with Gasteiger partial charge >= 0.3 is 6.18 Å². The largest absolute Gasteiger partial charge is 0.451 e. The lowest BCUT2D eigenvalue weighted by atomic mass is 10.1. The van der Waals surface area contributed by atoms with E-state index >= 15 is 0 Å². The van der Waals surface area contributed by atoms with Crippen molar-refractivity contribution in [3.8, 4) is 0 Å². The molecule has 7 heteroatoms. The first-order chi connectivity index (χ1) is 8.50. The molecule has 2 heterocycles.